The summed E-state index contributed by atoms with van der Waals surface area (Å²) in [5.74, 6) is -4.72. The molecule has 338 valence electrons. The molecule has 0 bridgehead atoms. The number of oxazole rings is 2. The highest BCUT2D eigenvalue weighted by molar-refractivity contribution is 8.00. The summed E-state index contributed by atoms with van der Waals surface area (Å²) in [6.45, 7) is 5.71. The van der Waals surface area contributed by atoms with E-state index in [1.165, 1.54) is 0 Å². The lowest BCUT2D eigenvalue weighted by molar-refractivity contribution is -0.218. The number of nitrogens with one attached hydrogen (secondary N) is 2. The maximum absolute atomic E-state index is 13.6. The number of aromatic nitrogens is 2. The van der Waals surface area contributed by atoms with Gasteiger partial charge < -0.3 is 29.1 Å². The van der Waals surface area contributed by atoms with Gasteiger partial charge in [0.1, 0.15) is 11.0 Å². The van der Waals surface area contributed by atoms with Crippen molar-refractivity contribution in [1.29, 1.82) is 0 Å². The molecule has 0 saturated carbocycles. The minimum Gasteiger partial charge on any atom is -0.431 e. The molecule has 2 amide bonds. The Balaban J connectivity index is 1.06. The fraction of sp³-hybridized carbons (Fsp3) is 0.318. The van der Waals surface area contributed by atoms with E-state index in [4.69, 9.17) is 64.9 Å². The summed E-state index contributed by atoms with van der Waals surface area (Å²) in [7, 11) is 0. The van der Waals surface area contributed by atoms with E-state index in [1.807, 2.05) is 50.2 Å². The summed E-state index contributed by atoms with van der Waals surface area (Å²) in [5, 5.41) is 10.5. The van der Waals surface area contributed by atoms with E-state index in [0.29, 0.717) is 94.2 Å². The monoisotopic (exact) mass is 988 g/mol. The molecule has 6 rings (SSSR count). The van der Waals surface area contributed by atoms with E-state index in [9.17, 15) is 19.2 Å². The molecule has 0 atom stereocenters. The zero-order valence-electron chi connectivity index (χ0n) is 34.8. The highest BCUT2D eigenvalue weighted by Crippen LogP contribution is 2.28. The number of fused-ring (bicyclic) bond motifs is 2. The normalized spacial score (nSPS) is 11.3. The van der Waals surface area contributed by atoms with E-state index in [0.717, 1.165) is 55.9 Å². The minimum atomic E-state index is -1.50. The maximum atomic E-state index is 13.6. The SMILES string of the molecule is Cc1cccc2oc(SCC(=O)N(CCCNCCc3ccc(Cl)c(Cl)c3)OC(=O)C(=O)ON(CCCNCCc3ccc(Cl)c(Cl)c3)C(=O)CSc3nc4c(C)cccc4o3)nc12. The van der Waals surface area contributed by atoms with Crippen LogP contribution in [0, 0.1) is 13.8 Å². The third-order valence-corrected chi connectivity index (χ3v) is 12.6. The summed E-state index contributed by atoms with van der Waals surface area (Å²) in [4.78, 5) is 73.5. The van der Waals surface area contributed by atoms with Gasteiger partial charge in [0.05, 0.1) is 44.7 Å². The van der Waals surface area contributed by atoms with Gasteiger partial charge in [-0.2, -0.15) is 10.1 Å². The molecular formula is C44H44Cl4N6O8S2. The molecule has 2 aromatic heterocycles. The number of aryl methyl sites for hydroxylation is 2. The molecule has 0 aliphatic carbocycles. The first-order chi connectivity index (χ1) is 30.8. The smallest absolute Gasteiger partial charge is 0.431 e. The number of carbonyl (C=O) groups excluding carboxylic acids is 4. The zero-order valence-corrected chi connectivity index (χ0v) is 39.5. The van der Waals surface area contributed by atoms with Crippen molar-refractivity contribution in [2.75, 3.05) is 50.8 Å². The van der Waals surface area contributed by atoms with E-state index in [2.05, 4.69) is 20.6 Å². The Kier molecular flexibility index (Phi) is 18.4. The lowest BCUT2D eigenvalue weighted by Gasteiger charge is -2.23. The van der Waals surface area contributed by atoms with Gasteiger partial charge in [-0.1, -0.05) is 106 Å². The van der Waals surface area contributed by atoms with Crippen LogP contribution < -0.4 is 10.6 Å². The number of rotatable bonds is 20. The molecule has 6 aromatic rings. The number of hydrogen-bond donors (Lipinski definition) is 2. The third-order valence-electron chi connectivity index (χ3n) is 9.53. The fourth-order valence-electron chi connectivity index (χ4n) is 6.16. The number of thioether (sulfide) groups is 2. The Morgan fingerprint density at radius 3 is 1.41 bits per heavy atom. The molecule has 0 saturated heterocycles. The van der Waals surface area contributed by atoms with Crippen LogP contribution in [0.25, 0.3) is 22.2 Å². The Labute approximate surface area is 397 Å². The van der Waals surface area contributed by atoms with Gasteiger partial charge in [0.2, 0.25) is 0 Å². The number of para-hydroxylation sites is 2. The Morgan fingerprint density at radius 1 is 0.594 bits per heavy atom. The number of nitrogens with zero attached hydrogens (tertiary/aromatic N) is 4. The van der Waals surface area contributed by atoms with Crippen molar-refractivity contribution in [3.8, 4) is 0 Å². The van der Waals surface area contributed by atoms with Crippen LogP contribution in [-0.4, -0.2) is 94.6 Å². The van der Waals surface area contributed by atoms with Crippen molar-refractivity contribution in [2.24, 2.45) is 0 Å². The minimum absolute atomic E-state index is 0.0675. The number of carbonyl (C=O) groups is 4. The average Bonchev–Trinajstić information content (AvgIpc) is 3.91. The molecular weight excluding hydrogens is 946 g/mol. The van der Waals surface area contributed by atoms with Crippen LogP contribution in [-0.2, 0) is 41.7 Å². The van der Waals surface area contributed by atoms with Crippen molar-refractivity contribution in [2.45, 2.75) is 50.0 Å². The summed E-state index contributed by atoms with van der Waals surface area (Å²) >= 11 is 26.4. The topological polar surface area (TPSA) is 169 Å². The second-order valence-corrected chi connectivity index (χ2v) is 17.8. The predicted molar refractivity (Wildman–Crippen MR) is 250 cm³/mol. The zero-order chi connectivity index (χ0) is 45.6. The summed E-state index contributed by atoms with van der Waals surface area (Å²) in [6, 6.07) is 21.8. The first-order valence-electron chi connectivity index (χ1n) is 20.2. The summed E-state index contributed by atoms with van der Waals surface area (Å²) in [6.07, 6.45) is 2.02. The molecule has 0 aliphatic heterocycles. The molecule has 0 radical (unpaired) electrons. The largest absolute Gasteiger partial charge is 0.444 e. The number of amides is 2. The highest BCUT2D eigenvalue weighted by atomic mass is 35.5. The molecule has 2 N–H and O–H groups in total. The standard InChI is InChI=1S/C44H44Cl4N6O8S2/c1-27-7-3-9-35-39(27)51-43(59-35)63-25-37(55)53(21-5-17-49-19-15-29-11-13-31(45)33(47)23-29)61-41(57)42(58)62-54(22-6-18-50-20-16-30-12-14-32(46)34(48)24-30)38(56)26-64-44-52-40-28(2)8-4-10-36(40)60-44/h3-4,7-14,23-24,49-50H,5-6,15-22,25-26H2,1-2H3. The van der Waals surface area contributed by atoms with E-state index in [1.54, 1.807) is 36.4 Å². The molecule has 64 heavy (non-hydrogen) atoms. The molecule has 20 heteroatoms. The fourth-order valence-corrected chi connectivity index (χ4v) is 8.20. The first-order valence-corrected chi connectivity index (χ1v) is 23.6. The van der Waals surface area contributed by atoms with Crippen molar-refractivity contribution in [3.63, 3.8) is 0 Å². The van der Waals surface area contributed by atoms with Crippen LogP contribution >= 0.6 is 69.9 Å². The van der Waals surface area contributed by atoms with Crippen LogP contribution in [0.4, 0.5) is 0 Å². The molecule has 14 nitrogen and oxygen atoms in total. The van der Waals surface area contributed by atoms with Crippen molar-refractivity contribution < 1.29 is 37.7 Å². The molecule has 0 aliphatic rings. The van der Waals surface area contributed by atoms with Crippen molar-refractivity contribution in [1.82, 2.24) is 30.7 Å². The number of halogens is 4. The van der Waals surface area contributed by atoms with E-state index in [-0.39, 0.29) is 35.0 Å². The first kappa shape index (κ1) is 48.9. The van der Waals surface area contributed by atoms with Gasteiger partial charge in [0.25, 0.3) is 22.3 Å². The molecule has 0 spiro atoms. The van der Waals surface area contributed by atoms with Gasteiger partial charge in [-0.15, -0.1) is 0 Å². The van der Waals surface area contributed by atoms with Gasteiger partial charge in [0, 0.05) is 0 Å². The predicted octanol–water partition coefficient (Wildman–Crippen LogP) is 9.10. The number of hydroxylamine groups is 4. The van der Waals surface area contributed by atoms with Gasteiger partial charge in [-0.25, -0.2) is 19.6 Å². The lowest BCUT2D eigenvalue weighted by Crippen LogP contribution is -2.42. The Morgan fingerprint density at radius 2 is 1.02 bits per heavy atom. The van der Waals surface area contributed by atoms with Crippen LogP contribution in [0.1, 0.15) is 35.1 Å². The number of benzene rings is 4. The van der Waals surface area contributed by atoms with Gasteiger partial charge in [-0.3, -0.25) is 9.59 Å². The quantitative estimate of drug-likeness (QED) is 0.0321. The molecule has 4 aromatic carbocycles. The Bertz CT molecular complexity index is 2420. The van der Waals surface area contributed by atoms with Gasteiger partial charge in [0.15, 0.2) is 11.2 Å². The molecule has 2 heterocycles. The highest BCUT2D eigenvalue weighted by Gasteiger charge is 2.30. The maximum Gasteiger partial charge on any atom is 0.444 e. The second kappa shape index (κ2) is 24.1. The van der Waals surface area contributed by atoms with Crippen LogP contribution in [0.5, 0.6) is 0 Å². The van der Waals surface area contributed by atoms with Gasteiger partial charge in [-0.05, 0) is 124 Å². The number of hydrogen-bond acceptors (Lipinski definition) is 14. The van der Waals surface area contributed by atoms with Crippen LogP contribution in [0.15, 0.2) is 92.1 Å². The van der Waals surface area contributed by atoms with E-state index >= 15 is 0 Å². The van der Waals surface area contributed by atoms with E-state index < -0.39 is 23.8 Å². The molecule has 0 fully saturated rings. The molecule has 0 unspecified atom stereocenters. The Hall–Kier alpha value is -4.52. The van der Waals surface area contributed by atoms with Crippen LogP contribution in [0.2, 0.25) is 20.1 Å². The van der Waals surface area contributed by atoms with Crippen molar-refractivity contribution >= 4 is 116 Å². The third kappa shape index (κ3) is 14.2. The van der Waals surface area contributed by atoms with Crippen LogP contribution in [0.3, 0.4) is 0 Å². The van der Waals surface area contributed by atoms with Crippen molar-refractivity contribution in [3.05, 3.63) is 115 Å². The average molecular weight is 991 g/mol. The lowest BCUT2D eigenvalue weighted by atomic mass is 10.1. The summed E-state index contributed by atoms with van der Waals surface area (Å²) in [5.41, 5.74) is 6.24. The summed E-state index contributed by atoms with van der Waals surface area (Å²) < 4.78 is 11.6. The van der Waals surface area contributed by atoms with Gasteiger partial charge >= 0.3 is 11.9 Å². The second-order valence-electron chi connectivity index (χ2n) is 14.3.